The van der Waals surface area contributed by atoms with Crippen LogP contribution >= 0.6 is 0 Å². The van der Waals surface area contributed by atoms with Gasteiger partial charge in [-0.25, -0.2) is 21.9 Å². The van der Waals surface area contributed by atoms with Gasteiger partial charge in [-0.2, -0.15) is 0 Å². The number of halogens is 2. The molecule has 0 unspecified atom stereocenters. The summed E-state index contributed by atoms with van der Waals surface area (Å²) in [5.41, 5.74) is 0.447. The van der Waals surface area contributed by atoms with Crippen LogP contribution in [-0.4, -0.2) is 58.9 Å². The maximum Gasteiger partial charge on any atom is 0.209 e. The second-order valence-electron chi connectivity index (χ2n) is 7.94. The van der Waals surface area contributed by atoms with Crippen molar-refractivity contribution in [2.75, 3.05) is 26.0 Å². The van der Waals surface area contributed by atoms with E-state index in [1.165, 1.54) is 6.07 Å². The number of hydrogen-bond donors (Lipinski definition) is 2. The number of nitrogens with one attached hydrogen (secondary N) is 2. The van der Waals surface area contributed by atoms with Crippen molar-refractivity contribution >= 4 is 16.3 Å². The normalized spacial score (nSPS) is 27.2. The third-order valence-electron chi connectivity index (χ3n) is 5.67. The van der Waals surface area contributed by atoms with Gasteiger partial charge in [-0.15, -0.1) is 0 Å². The van der Waals surface area contributed by atoms with Gasteiger partial charge in [0.1, 0.15) is 12.4 Å². The highest BCUT2D eigenvalue weighted by molar-refractivity contribution is 7.88. The first-order chi connectivity index (χ1) is 14.3. The molecule has 10 heteroatoms. The van der Waals surface area contributed by atoms with E-state index in [1.54, 1.807) is 0 Å². The van der Waals surface area contributed by atoms with Crippen LogP contribution in [0.2, 0.25) is 0 Å². The molecule has 1 aromatic carbocycles. The molecule has 0 spiro atoms. The van der Waals surface area contributed by atoms with Crippen molar-refractivity contribution in [3.05, 3.63) is 29.3 Å². The molecule has 2 atom stereocenters. The van der Waals surface area contributed by atoms with Crippen LogP contribution in [0.1, 0.15) is 43.6 Å². The molecule has 2 aliphatic rings. The predicted octanol–water partition coefficient (Wildman–Crippen LogP) is 1.87. The Kier molecular flexibility index (Phi) is 7.78. The van der Waals surface area contributed by atoms with Gasteiger partial charge in [0.15, 0.2) is 17.9 Å². The van der Waals surface area contributed by atoms with E-state index in [9.17, 15) is 22.0 Å². The van der Waals surface area contributed by atoms with Crippen LogP contribution in [0, 0.1) is 11.6 Å². The molecular weight excluding hydrogens is 418 g/mol. The van der Waals surface area contributed by atoms with Crippen LogP contribution in [0.4, 0.5) is 8.78 Å². The van der Waals surface area contributed by atoms with E-state index in [0.717, 1.165) is 18.9 Å². The van der Waals surface area contributed by atoms with Gasteiger partial charge in [-0.3, -0.25) is 4.79 Å². The number of ether oxygens (including phenoxy) is 2. The molecule has 0 radical (unpaired) electrons. The van der Waals surface area contributed by atoms with Gasteiger partial charge >= 0.3 is 0 Å². The van der Waals surface area contributed by atoms with Gasteiger partial charge in [0, 0.05) is 23.7 Å². The molecule has 2 fully saturated rings. The van der Waals surface area contributed by atoms with Gasteiger partial charge in [-0.05, 0) is 50.6 Å². The zero-order valence-corrected chi connectivity index (χ0v) is 17.7. The molecule has 0 amide bonds. The van der Waals surface area contributed by atoms with E-state index in [-0.39, 0.29) is 36.5 Å². The lowest BCUT2D eigenvalue weighted by molar-refractivity contribution is -0.109. The number of hydrogen-bond acceptors (Lipinski definition) is 6. The van der Waals surface area contributed by atoms with Crippen LogP contribution in [0.15, 0.2) is 12.1 Å². The van der Waals surface area contributed by atoms with Gasteiger partial charge < -0.3 is 14.8 Å². The van der Waals surface area contributed by atoms with Crippen molar-refractivity contribution in [3.8, 4) is 5.75 Å². The van der Waals surface area contributed by atoms with Crippen molar-refractivity contribution in [2.45, 2.75) is 56.2 Å². The zero-order valence-electron chi connectivity index (χ0n) is 16.9. The van der Waals surface area contributed by atoms with Crippen LogP contribution in [0.3, 0.4) is 0 Å². The molecule has 1 saturated heterocycles. The lowest BCUT2D eigenvalue weighted by Crippen LogP contribution is -2.46. The molecule has 3 rings (SSSR count). The minimum absolute atomic E-state index is 0.000262. The average Bonchev–Trinajstić information content (AvgIpc) is 3.11. The third-order valence-corrected chi connectivity index (χ3v) is 6.40. The molecule has 1 aliphatic heterocycles. The SMILES string of the molecule is CS(=O)(=O)N[C@H]1CCN[C@H]1COC1CCC(c2cc(F)cc(F)c2OCC=O)CC1. The maximum atomic E-state index is 14.2. The first kappa shape index (κ1) is 23.1. The summed E-state index contributed by atoms with van der Waals surface area (Å²) in [5, 5.41) is 3.26. The lowest BCUT2D eigenvalue weighted by Gasteiger charge is -2.31. The molecule has 1 saturated carbocycles. The van der Waals surface area contributed by atoms with E-state index in [0.29, 0.717) is 50.6 Å². The number of rotatable bonds is 9. The van der Waals surface area contributed by atoms with E-state index < -0.39 is 21.7 Å². The van der Waals surface area contributed by atoms with Crippen LogP contribution in [-0.2, 0) is 19.6 Å². The van der Waals surface area contributed by atoms with Crippen LogP contribution in [0.5, 0.6) is 5.75 Å². The summed E-state index contributed by atoms with van der Waals surface area (Å²) in [4.78, 5) is 10.6. The molecule has 1 heterocycles. The van der Waals surface area contributed by atoms with Crippen molar-refractivity contribution < 1.29 is 31.5 Å². The minimum atomic E-state index is -3.28. The fourth-order valence-corrected chi connectivity index (χ4v) is 5.12. The molecule has 1 aliphatic carbocycles. The predicted molar refractivity (Wildman–Crippen MR) is 107 cm³/mol. The Labute approximate surface area is 175 Å². The Morgan fingerprint density at radius 1 is 1.20 bits per heavy atom. The second-order valence-corrected chi connectivity index (χ2v) is 9.72. The molecule has 168 valence electrons. The highest BCUT2D eigenvalue weighted by Crippen LogP contribution is 2.40. The number of benzene rings is 1. The van der Waals surface area contributed by atoms with Crippen LogP contribution < -0.4 is 14.8 Å². The Morgan fingerprint density at radius 3 is 2.60 bits per heavy atom. The van der Waals surface area contributed by atoms with E-state index in [1.807, 2.05) is 0 Å². The summed E-state index contributed by atoms with van der Waals surface area (Å²) in [6.45, 7) is 0.832. The van der Waals surface area contributed by atoms with Crippen molar-refractivity contribution in [1.29, 1.82) is 0 Å². The Hall–Kier alpha value is -1.62. The largest absolute Gasteiger partial charge is 0.483 e. The smallest absolute Gasteiger partial charge is 0.209 e. The van der Waals surface area contributed by atoms with Crippen molar-refractivity contribution in [2.24, 2.45) is 0 Å². The Balaban J connectivity index is 1.55. The first-order valence-corrected chi connectivity index (χ1v) is 12.0. The molecule has 2 N–H and O–H groups in total. The highest BCUT2D eigenvalue weighted by atomic mass is 32.2. The van der Waals surface area contributed by atoms with Gasteiger partial charge in [-0.1, -0.05) is 0 Å². The monoisotopic (exact) mass is 446 g/mol. The summed E-state index contributed by atoms with van der Waals surface area (Å²) >= 11 is 0. The van der Waals surface area contributed by atoms with Gasteiger partial charge in [0.25, 0.3) is 0 Å². The second kappa shape index (κ2) is 10.1. The standard InChI is InChI=1S/C20H28F2N2O5S/c1-30(26,27)24-18-6-7-23-19(18)12-29-15-4-2-13(3-5-15)16-10-14(21)11-17(22)20(16)28-9-8-25/h8,10-11,13,15,18-19,23-24H,2-7,9,12H2,1H3/t13?,15?,18-,19-/m0/s1. The van der Waals surface area contributed by atoms with Crippen molar-refractivity contribution in [1.82, 2.24) is 10.0 Å². The summed E-state index contributed by atoms with van der Waals surface area (Å²) in [6, 6.07) is 1.76. The number of sulfonamides is 1. The molecule has 1 aromatic rings. The lowest BCUT2D eigenvalue weighted by atomic mass is 9.82. The first-order valence-electron chi connectivity index (χ1n) is 10.1. The summed E-state index contributed by atoms with van der Waals surface area (Å²) < 4.78 is 64.8. The Bertz CT molecular complexity index is 844. The summed E-state index contributed by atoms with van der Waals surface area (Å²) in [5.74, 6) is -1.61. The fourth-order valence-electron chi connectivity index (χ4n) is 4.29. The van der Waals surface area contributed by atoms with Gasteiger partial charge in [0.2, 0.25) is 10.0 Å². The topological polar surface area (TPSA) is 93.7 Å². The number of carbonyl (C=O) groups excluding carboxylic acids is 1. The molecule has 30 heavy (non-hydrogen) atoms. The van der Waals surface area contributed by atoms with Crippen molar-refractivity contribution in [3.63, 3.8) is 0 Å². The van der Waals surface area contributed by atoms with Crippen LogP contribution in [0.25, 0.3) is 0 Å². The van der Waals surface area contributed by atoms with E-state index in [2.05, 4.69) is 10.0 Å². The average molecular weight is 447 g/mol. The van der Waals surface area contributed by atoms with Gasteiger partial charge in [0.05, 0.1) is 19.0 Å². The quantitative estimate of drug-likeness (QED) is 0.563. The maximum absolute atomic E-state index is 14.2. The molecule has 0 aromatic heterocycles. The number of aldehydes is 1. The van der Waals surface area contributed by atoms with E-state index in [4.69, 9.17) is 9.47 Å². The fraction of sp³-hybridized carbons (Fsp3) is 0.650. The third kappa shape index (κ3) is 6.19. The Morgan fingerprint density at radius 2 is 1.93 bits per heavy atom. The number of carbonyl (C=O) groups is 1. The zero-order chi connectivity index (χ0) is 21.7. The molecule has 0 bridgehead atoms. The minimum Gasteiger partial charge on any atom is -0.483 e. The van der Waals surface area contributed by atoms with E-state index >= 15 is 0 Å². The summed E-state index contributed by atoms with van der Waals surface area (Å²) in [7, 11) is -3.28. The molecular formula is C20H28F2N2O5S. The molecule has 7 nitrogen and oxygen atoms in total. The summed E-state index contributed by atoms with van der Waals surface area (Å²) in [6.07, 6.45) is 5.16. The highest BCUT2D eigenvalue weighted by Gasteiger charge is 2.31.